The van der Waals surface area contributed by atoms with E-state index in [9.17, 15) is 14.7 Å². The first-order chi connectivity index (χ1) is 12.5. The van der Waals surface area contributed by atoms with Gasteiger partial charge < -0.3 is 20.4 Å². The number of amides is 1. The van der Waals surface area contributed by atoms with Gasteiger partial charge in [0.05, 0.1) is 11.7 Å². The van der Waals surface area contributed by atoms with Crippen LogP contribution >= 0.6 is 0 Å². The minimum Gasteiger partial charge on any atom is -0.478 e. The van der Waals surface area contributed by atoms with Crippen LogP contribution in [0.5, 0.6) is 0 Å². The number of anilines is 1. The van der Waals surface area contributed by atoms with Gasteiger partial charge in [0.25, 0.3) is 5.91 Å². The molecule has 2 aromatic rings. The Bertz CT molecular complexity index is 781. The van der Waals surface area contributed by atoms with Crippen molar-refractivity contribution in [1.29, 1.82) is 0 Å². The Balaban J connectivity index is 1.62. The zero-order valence-corrected chi connectivity index (χ0v) is 14.4. The molecular formula is C20H22N2O4. The van der Waals surface area contributed by atoms with Gasteiger partial charge >= 0.3 is 5.97 Å². The Morgan fingerprint density at radius 2 is 1.73 bits per heavy atom. The molecule has 0 spiro atoms. The fraction of sp³-hybridized carbons (Fsp3) is 0.300. The molecule has 1 amide bonds. The summed E-state index contributed by atoms with van der Waals surface area (Å²) in [6, 6.07) is 14.0. The first kappa shape index (κ1) is 17.9. The summed E-state index contributed by atoms with van der Waals surface area (Å²) in [6.45, 7) is 1.69. The van der Waals surface area contributed by atoms with E-state index in [1.54, 1.807) is 35.2 Å². The number of carboxylic acid groups (broad SMARTS) is 1. The molecular weight excluding hydrogens is 332 g/mol. The number of piperidine rings is 1. The highest BCUT2D eigenvalue weighted by Crippen LogP contribution is 2.17. The second-order valence-corrected chi connectivity index (χ2v) is 6.46. The van der Waals surface area contributed by atoms with E-state index in [1.807, 2.05) is 18.2 Å². The lowest BCUT2D eigenvalue weighted by Gasteiger charge is -2.29. The monoisotopic (exact) mass is 354 g/mol. The first-order valence-corrected chi connectivity index (χ1v) is 8.66. The van der Waals surface area contributed by atoms with Gasteiger partial charge in [-0.15, -0.1) is 0 Å². The largest absolute Gasteiger partial charge is 0.478 e. The van der Waals surface area contributed by atoms with Crippen molar-refractivity contribution >= 4 is 17.6 Å². The van der Waals surface area contributed by atoms with E-state index in [0.29, 0.717) is 38.0 Å². The third-order valence-electron chi connectivity index (χ3n) is 4.56. The van der Waals surface area contributed by atoms with Crippen molar-refractivity contribution in [2.45, 2.75) is 25.5 Å². The summed E-state index contributed by atoms with van der Waals surface area (Å²) in [6.07, 6.45) is 0.936. The normalized spacial score (nSPS) is 14.9. The minimum atomic E-state index is -0.944. The number of carbonyl (C=O) groups is 2. The molecule has 1 heterocycles. The summed E-state index contributed by atoms with van der Waals surface area (Å²) < 4.78 is 0. The maximum atomic E-state index is 12.6. The van der Waals surface area contributed by atoms with Gasteiger partial charge in [0.15, 0.2) is 0 Å². The van der Waals surface area contributed by atoms with Gasteiger partial charge in [0.2, 0.25) is 0 Å². The van der Waals surface area contributed by atoms with Crippen LogP contribution in [-0.2, 0) is 6.54 Å². The molecule has 26 heavy (non-hydrogen) atoms. The van der Waals surface area contributed by atoms with Crippen molar-refractivity contribution in [3.05, 3.63) is 65.2 Å². The molecule has 0 aromatic heterocycles. The molecule has 3 rings (SSSR count). The topological polar surface area (TPSA) is 89.9 Å². The van der Waals surface area contributed by atoms with Crippen molar-refractivity contribution in [2.24, 2.45) is 0 Å². The molecule has 0 atom stereocenters. The SMILES string of the molecule is O=C(O)c1ccc(CNc2cccc(C(=O)N3CCC(O)CC3)c2)cc1. The third-order valence-corrected chi connectivity index (χ3v) is 4.56. The maximum absolute atomic E-state index is 12.6. The molecule has 1 aliphatic rings. The third kappa shape index (κ3) is 4.40. The van der Waals surface area contributed by atoms with Gasteiger partial charge in [-0.2, -0.15) is 0 Å². The van der Waals surface area contributed by atoms with Gasteiger partial charge in [0.1, 0.15) is 0 Å². The van der Waals surface area contributed by atoms with E-state index in [2.05, 4.69) is 5.32 Å². The van der Waals surface area contributed by atoms with Gasteiger partial charge in [-0.1, -0.05) is 18.2 Å². The van der Waals surface area contributed by atoms with Crippen molar-refractivity contribution in [2.75, 3.05) is 18.4 Å². The number of aromatic carboxylic acids is 1. The molecule has 2 aromatic carbocycles. The zero-order valence-electron chi connectivity index (χ0n) is 14.4. The Morgan fingerprint density at radius 3 is 2.38 bits per heavy atom. The lowest BCUT2D eigenvalue weighted by molar-refractivity contribution is 0.0546. The highest BCUT2D eigenvalue weighted by Gasteiger charge is 2.22. The van der Waals surface area contributed by atoms with Crippen LogP contribution in [0.15, 0.2) is 48.5 Å². The Hall–Kier alpha value is -2.86. The standard InChI is InChI=1S/C20H22N2O4/c23-18-8-10-22(11-9-18)19(24)16-2-1-3-17(12-16)21-13-14-4-6-15(7-5-14)20(25)26/h1-7,12,18,21,23H,8-11,13H2,(H,25,26). The fourth-order valence-electron chi connectivity index (χ4n) is 2.98. The average Bonchev–Trinajstić information content (AvgIpc) is 2.67. The number of hydrogen-bond donors (Lipinski definition) is 3. The summed E-state index contributed by atoms with van der Waals surface area (Å²) in [7, 11) is 0. The second-order valence-electron chi connectivity index (χ2n) is 6.46. The van der Waals surface area contributed by atoms with Crippen LogP contribution in [0.25, 0.3) is 0 Å². The molecule has 6 heteroatoms. The van der Waals surface area contributed by atoms with Crippen LogP contribution in [0.2, 0.25) is 0 Å². The Labute approximate surface area is 152 Å². The molecule has 1 aliphatic heterocycles. The van der Waals surface area contributed by atoms with E-state index < -0.39 is 5.97 Å². The van der Waals surface area contributed by atoms with Crippen molar-refractivity contribution in [1.82, 2.24) is 4.90 Å². The quantitative estimate of drug-likeness (QED) is 0.768. The van der Waals surface area contributed by atoms with Crippen LogP contribution in [-0.4, -0.2) is 46.2 Å². The molecule has 136 valence electrons. The molecule has 1 saturated heterocycles. The minimum absolute atomic E-state index is 0.0219. The van der Waals surface area contributed by atoms with Crippen molar-refractivity contribution in [3.63, 3.8) is 0 Å². The molecule has 0 unspecified atom stereocenters. The smallest absolute Gasteiger partial charge is 0.335 e. The van der Waals surface area contributed by atoms with Gasteiger partial charge in [-0.05, 0) is 48.7 Å². The first-order valence-electron chi connectivity index (χ1n) is 8.66. The van der Waals surface area contributed by atoms with E-state index in [0.717, 1.165) is 11.3 Å². The van der Waals surface area contributed by atoms with Gasteiger partial charge in [-0.25, -0.2) is 4.79 Å². The number of likely N-dealkylation sites (tertiary alicyclic amines) is 1. The number of nitrogens with one attached hydrogen (secondary N) is 1. The van der Waals surface area contributed by atoms with Crippen LogP contribution in [0.4, 0.5) is 5.69 Å². The number of benzene rings is 2. The van der Waals surface area contributed by atoms with Crippen molar-refractivity contribution in [3.8, 4) is 0 Å². The van der Waals surface area contributed by atoms with E-state index in [4.69, 9.17) is 5.11 Å². The number of nitrogens with zero attached hydrogens (tertiary/aromatic N) is 1. The van der Waals surface area contributed by atoms with E-state index in [-0.39, 0.29) is 17.6 Å². The van der Waals surface area contributed by atoms with Crippen LogP contribution in [0.1, 0.15) is 39.1 Å². The predicted molar refractivity (Wildman–Crippen MR) is 98.3 cm³/mol. The summed E-state index contributed by atoms with van der Waals surface area (Å²) >= 11 is 0. The fourth-order valence-corrected chi connectivity index (χ4v) is 2.98. The number of rotatable bonds is 5. The molecule has 1 fully saturated rings. The number of carbonyl (C=O) groups excluding carboxylic acids is 1. The Morgan fingerprint density at radius 1 is 1.04 bits per heavy atom. The van der Waals surface area contributed by atoms with Crippen LogP contribution < -0.4 is 5.32 Å². The number of aliphatic hydroxyl groups is 1. The summed E-state index contributed by atoms with van der Waals surface area (Å²) in [5.74, 6) is -0.965. The molecule has 0 saturated carbocycles. The van der Waals surface area contributed by atoms with Crippen LogP contribution in [0.3, 0.4) is 0 Å². The lowest BCUT2D eigenvalue weighted by Crippen LogP contribution is -2.40. The van der Waals surface area contributed by atoms with E-state index >= 15 is 0 Å². The molecule has 0 aliphatic carbocycles. The highest BCUT2D eigenvalue weighted by molar-refractivity contribution is 5.95. The van der Waals surface area contributed by atoms with Crippen molar-refractivity contribution < 1.29 is 19.8 Å². The molecule has 6 nitrogen and oxygen atoms in total. The van der Waals surface area contributed by atoms with E-state index in [1.165, 1.54) is 0 Å². The maximum Gasteiger partial charge on any atom is 0.335 e. The average molecular weight is 354 g/mol. The summed E-state index contributed by atoms with van der Waals surface area (Å²) in [5, 5.41) is 21.7. The number of aliphatic hydroxyl groups excluding tert-OH is 1. The van der Waals surface area contributed by atoms with Crippen LogP contribution in [0, 0.1) is 0 Å². The highest BCUT2D eigenvalue weighted by atomic mass is 16.4. The van der Waals surface area contributed by atoms with Gasteiger partial charge in [-0.3, -0.25) is 4.79 Å². The summed E-state index contributed by atoms with van der Waals surface area (Å²) in [5.41, 5.74) is 2.66. The summed E-state index contributed by atoms with van der Waals surface area (Å²) in [4.78, 5) is 25.2. The molecule has 3 N–H and O–H groups in total. The Kier molecular flexibility index (Phi) is 5.53. The zero-order chi connectivity index (χ0) is 18.5. The van der Waals surface area contributed by atoms with Gasteiger partial charge in [0, 0.05) is 30.9 Å². The number of hydrogen-bond acceptors (Lipinski definition) is 4. The number of carboxylic acids is 1. The second kappa shape index (κ2) is 8.01. The molecule has 0 radical (unpaired) electrons. The predicted octanol–water partition coefficient (Wildman–Crippen LogP) is 2.59. The lowest BCUT2D eigenvalue weighted by atomic mass is 10.1. The molecule has 0 bridgehead atoms.